The Hall–Kier alpha value is -1.04. The van der Waals surface area contributed by atoms with E-state index in [1.54, 1.807) is 0 Å². The molecule has 0 aliphatic heterocycles. The topological polar surface area (TPSA) is 94.8 Å². The Labute approximate surface area is 157 Å². The maximum Gasteiger partial charge on any atom is 0.190 e. The van der Waals surface area contributed by atoms with Crippen LogP contribution < -0.4 is 0 Å². The summed E-state index contributed by atoms with van der Waals surface area (Å²) in [5.41, 5.74) is -2.36. The Balaban J connectivity index is 1.77. The Morgan fingerprint density at radius 1 is 1.38 bits per heavy atom. The molecule has 0 aromatic heterocycles. The van der Waals surface area contributed by atoms with Crippen molar-refractivity contribution in [2.45, 2.75) is 70.5 Å². The fourth-order valence-electron chi connectivity index (χ4n) is 6.92. The highest BCUT2D eigenvalue weighted by Gasteiger charge is 2.68. The molecule has 0 heterocycles. The molecule has 3 saturated carbocycles. The lowest BCUT2D eigenvalue weighted by Crippen LogP contribution is -2.62. The van der Waals surface area contributed by atoms with Crippen LogP contribution in [0, 0.1) is 28.6 Å². The monoisotopic (exact) mass is 364 g/mol. The summed E-state index contributed by atoms with van der Waals surface area (Å²) in [6.45, 7) is 3.04. The largest absolute Gasteiger partial charge is 0.393 e. The third-order valence-electron chi connectivity index (χ3n) is 8.25. The quantitative estimate of drug-likeness (QED) is 0.694. The third kappa shape index (κ3) is 2.14. The van der Waals surface area contributed by atoms with E-state index in [-0.39, 0.29) is 36.4 Å². The van der Waals surface area contributed by atoms with Gasteiger partial charge in [-0.1, -0.05) is 19.4 Å². The minimum atomic E-state index is -1.64. The van der Waals surface area contributed by atoms with Crippen LogP contribution in [0.25, 0.3) is 0 Å². The van der Waals surface area contributed by atoms with Crippen LogP contribution in [0.4, 0.5) is 0 Å². The zero-order valence-electron chi connectivity index (χ0n) is 17.4. The summed E-state index contributed by atoms with van der Waals surface area (Å²) >= 11 is 0. The molecule has 4 rings (SSSR count). The van der Waals surface area contributed by atoms with Gasteiger partial charge in [-0.15, -0.1) is 0 Å². The summed E-state index contributed by atoms with van der Waals surface area (Å²) in [4.78, 5) is 24.5. The van der Waals surface area contributed by atoms with Gasteiger partial charge in [0, 0.05) is 14.6 Å². The van der Waals surface area contributed by atoms with Gasteiger partial charge < -0.3 is 15.3 Å². The number of carbonyl (C=O) groups is 2. The van der Waals surface area contributed by atoms with Gasteiger partial charge in [0.15, 0.2) is 11.6 Å². The number of aliphatic hydroxyl groups is 3. The van der Waals surface area contributed by atoms with Crippen LogP contribution in [0.1, 0.15) is 61.5 Å². The summed E-state index contributed by atoms with van der Waals surface area (Å²) in [6, 6.07) is 0. The van der Waals surface area contributed by atoms with Crippen molar-refractivity contribution in [1.29, 1.82) is 0 Å². The first kappa shape index (κ1) is 16.0. The Morgan fingerprint density at radius 2 is 2.12 bits per heavy atom. The summed E-state index contributed by atoms with van der Waals surface area (Å²) in [7, 11) is 0. The average molecular weight is 364 g/mol. The van der Waals surface area contributed by atoms with E-state index >= 15 is 0 Å². The average Bonchev–Trinajstić information content (AvgIpc) is 2.92. The predicted molar refractivity (Wildman–Crippen MR) is 95.1 cm³/mol. The van der Waals surface area contributed by atoms with E-state index in [9.17, 15) is 24.9 Å². The molecule has 0 saturated heterocycles. The number of rotatable bonds is 2. The summed E-state index contributed by atoms with van der Waals surface area (Å²) in [6.07, 6.45) is 1.08. The van der Waals surface area contributed by atoms with Crippen molar-refractivity contribution in [2.75, 3.05) is 6.61 Å². The van der Waals surface area contributed by atoms with Crippen LogP contribution in [-0.4, -0.2) is 45.2 Å². The first-order valence-electron chi connectivity index (χ1n) is 10.8. The molecule has 3 fully saturated rings. The molecular weight excluding hydrogens is 332 g/mol. The summed E-state index contributed by atoms with van der Waals surface area (Å²) in [5.74, 6) is -1.19. The Kier molecular flexibility index (Phi) is 3.52. The van der Waals surface area contributed by atoms with Gasteiger partial charge in [-0.05, 0) is 67.7 Å². The maximum absolute atomic E-state index is 12.4. The smallest absolute Gasteiger partial charge is 0.190 e. The van der Waals surface area contributed by atoms with Crippen molar-refractivity contribution < 1.29 is 27.7 Å². The number of ketones is 2. The molecule has 0 amide bonds. The lowest BCUT2D eigenvalue weighted by Gasteiger charge is -2.60. The van der Waals surface area contributed by atoms with Crippen LogP contribution in [0.15, 0.2) is 11.6 Å². The van der Waals surface area contributed by atoms with E-state index in [1.165, 1.54) is 6.08 Å². The highest BCUT2D eigenvalue weighted by atomic mass is 16.3. The number of Topliss-reactive ketones (excluding diaryl/α,β-unsaturated/α-hetero) is 1. The van der Waals surface area contributed by atoms with Gasteiger partial charge in [-0.25, -0.2) is 0 Å². The minimum absolute atomic E-state index is 0.00432. The lowest BCUT2D eigenvalue weighted by molar-refractivity contribution is -0.182. The van der Waals surface area contributed by atoms with Crippen molar-refractivity contribution in [1.82, 2.24) is 0 Å². The van der Waals surface area contributed by atoms with Gasteiger partial charge in [-0.2, -0.15) is 0 Å². The van der Waals surface area contributed by atoms with Gasteiger partial charge in [0.05, 0.1) is 6.10 Å². The second-order valence-electron chi connectivity index (χ2n) is 9.19. The van der Waals surface area contributed by atoms with Crippen LogP contribution in [0.5, 0.6) is 0 Å². The SMILES string of the molecule is [2H]C1C(=O)C=C2CC[C@@H]3[C@H]([C@@H](O)C[C@@]4(C)[C@H]3CC[C@]4(O)C(=O)CO)[C@@]2(C)C1[2H]. The molecule has 26 heavy (non-hydrogen) atoms. The van der Waals surface area contributed by atoms with Crippen molar-refractivity contribution >= 4 is 11.6 Å². The summed E-state index contributed by atoms with van der Waals surface area (Å²) < 4.78 is 16.8. The molecule has 0 radical (unpaired) electrons. The van der Waals surface area contributed by atoms with E-state index in [1.807, 2.05) is 13.8 Å². The predicted octanol–water partition coefficient (Wildman–Crippen LogP) is 1.78. The fraction of sp³-hybridized carbons (Fsp3) is 0.810. The molecule has 5 heteroatoms. The molecule has 0 aromatic carbocycles. The van der Waals surface area contributed by atoms with Gasteiger partial charge >= 0.3 is 0 Å². The summed E-state index contributed by atoms with van der Waals surface area (Å²) in [5, 5.41) is 31.8. The van der Waals surface area contributed by atoms with Crippen molar-refractivity contribution in [3.63, 3.8) is 0 Å². The molecule has 9 atom stereocenters. The molecule has 2 unspecified atom stereocenters. The van der Waals surface area contributed by atoms with E-state index in [0.717, 1.165) is 12.0 Å². The van der Waals surface area contributed by atoms with E-state index in [2.05, 4.69) is 0 Å². The van der Waals surface area contributed by atoms with Crippen LogP contribution in [0.2, 0.25) is 0 Å². The van der Waals surface area contributed by atoms with E-state index in [0.29, 0.717) is 12.8 Å². The molecular formula is C21H30O5. The fourth-order valence-corrected chi connectivity index (χ4v) is 6.92. The number of hydrogen-bond acceptors (Lipinski definition) is 5. The molecule has 5 nitrogen and oxygen atoms in total. The number of fused-ring (bicyclic) bond motifs is 5. The molecule has 4 aliphatic carbocycles. The molecule has 4 aliphatic rings. The number of allylic oxidation sites excluding steroid dienone is 1. The number of hydrogen-bond donors (Lipinski definition) is 3. The van der Waals surface area contributed by atoms with Gasteiger partial charge in [-0.3, -0.25) is 9.59 Å². The third-order valence-corrected chi connectivity index (χ3v) is 8.25. The second kappa shape index (κ2) is 5.73. The van der Waals surface area contributed by atoms with E-state index in [4.69, 9.17) is 2.74 Å². The Morgan fingerprint density at radius 3 is 2.81 bits per heavy atom. The zero-order valence-corrected chi connectivity index (χ0v) is 15.4. The lowest BCUT2D eigenvalue weighted by atomic mass is 9.45. The first-order valence-corrected chi connectivity index (χ1v) is 9.66. The van der Waals surface area contributed by atoms with Crippen LogP contribution in [0.3, 0.4) is 0 Å². The minimum Gasteiger partial charge on any atom is -0.393 e. The first-order chi connectivity index (χ1) is 13.0. The van der Waals surface area contributed by atoms with Gasteiger partial charge in [0.2, 0.25) is 0 Å². The molecule has 144 valence electrons. The van der Waals surface area contributed by atoms with Crippen LogP contribution in [-0.2, 0) is 9.59 Å². The number of carbonyl (C=O) groups excluding carboxylic acids is 2. The molecule has 0 bridgehead atoms. The normalized spacial score (nSPS) is 57.3. The van der Waals surface area contributed by atoms with Gasteiger partial charge in [0.25, 0.3) is 0 Å². The van der Waals surface area contributed by atoms with Crippen LogP contribution >= 0.6 is 0 Å². The molecule has 3 N–H and O–H groups in total. The number of aliphatic hydroxyl groups excluding tert-OH is 2. The second-order valence-corrected chi connectivity index (χ2v) is 9.19. The highest BCUT2D eigenvalue weighted by molar-refractivity contribution is 5.91. The van der Waals surface area contributed by atoms with Crippen molar-refractivity contribution in [2.24, 2.45) is 28.6 Å². The van der Waals surface area contributed by atoms with Crippen molar-refractivity contribution in [3.8, 4) is 0 Å². The van der Waals surface area contributed by atoms with Gasteiger partial charge in [0.1, 0.15) is 12.2 Å². The molecule has 0 spiro atoms. The highest BCUT2D eigenvalue weighted by Crippen LogP contribution is 2.67. The van der Waals surface area contributed by atoms with E-state index < -0.39 is 47.7 Å². The standard InChI is InChI=1S/C21H30O5/c1-19-7-5-13(23)9-12(19)3-4-14-15-6-8-21(26,17(25)11-22)20(15,2)10-16(24)18(14)19/h9,14-16,18,22,24,26H,3-8,10-11H2,1-2H3/t14-,15-,16-,18+,19-,20-,21-/m0/s1/i5D,7D/t5?,7?,14-,15-,16-,18+,19-,20-,21-. The zero-order chi connectivity index (χ0) is 20.6. The van der Waals surface area contributed by atoms with Crippen molar-refractivity contribution in [3.05, 3.63) is 11.6 Å². The molecule has 0 aromatic rings. The Bertz CT molecular complexity index is 753. The maximum atomic E-state index is 12.4.